The molecule has 0 unspecified atom stereocenters. The van der Waals surface area contributed by atoms with E-state index in [2.05, 4.69) is 112 Å². The smallest absolute Gasteiger partial charge is 0.161 e. The first-order valence-electron chi connectivity index (χ1n) is 12.2. The number of rotatable bonds is 2. The van der Waals surface area contributed by atoms with E-state index in [1.165, 1.54) is 33.6 Å². The third kappa shape index (κ3) is 4.46. The third-order valence-corrected chi connectivity index (χ3v) is 6.91. The van der Waals surface area contributed by atoms with Crippen LogP contribution in [0.4, 0.5) is 11.4 Å². The average molecular weight is 457 g/mol. The lowest BCUT2D eigenvalue weighted by Crippen LogP contribution is -2.33. The maximum atomic E-state index is 6.08. The van der Waals surface area contributed by atoms with Crippen molar-refractivity contribution in [3.05, 3.63) is 82.9 Å². The van der Waals surface area contributed by atoms with E-state index in [4.69, 9.17) is 9.47 Å². The normalized spacial score (nSPS) is 15.8. The summed E-state index contributed by atoms with van der Waals surface area (Å²) in [4.78, 5) is 4.58. The van der Waals surface area contributed by atoms with Gasteiger partial charge in [0.15, 0.2) is 13.5 Å². The van der Waals surface area contributed by atoms with Crippen molar-refractivity contribution >= 4 is 11.4 Å². The minimum absolute atomic E-state index is 0.127. The van der Waals surface area contributed by atoms with Crippen LogP contribution in [0.15, 0.2) is 60.7 Å². The van der Waals surface area contributed by atoms with Crippen molar-refractivity contribution in [1.82, 2.24) is 0 Å². The van der Waals surface area contributed by atoms with Crippen molar-refractivity contribution < 1.29 is 9.47 Å². The van der Waals surface area contributed by atoms with E-state index in [0.29, 0.717) is 13.5 Å². The summed E-state index contributed by atoms with van der Waals surface area (Å²) in [6.45, 7) is 16.4. The van der Waals surface area contributed by atoms with Crippen LogP contribution in [0.5, 0.6) is 11.5 Å². The second-order valence-corrected chi connectivity index (χ2v) is 11.6. The van der Waals surface area contributed by atoms with Gasteiger partial charge in [0.1, 0.15) is 11.5 Å². The zero-order valence-electron chi connectivity index (χ0n) is 21.3. The van der Waals surface area contributed by atoms with Crippen molar-refractivity contribution in [2.45, 2.75) is 65.5 Å². The minimum atomic E-state index is 0.127. The van der Waals surface area contributed by atoms with Gasteiger partial charge >= 0.3 is 0 Å². The summed E-state index contributed by atoms with van der Waals surface area (Å²) in [5.41, 5.74) is 7.77. The van der Waals surface area contributed by atoms with E-state index in [0.717, 1.165) is 24.6 Å². The van der Waals surface area contributed by atoms with Gasteiger partial charge in [-0.3, -0.25) is 0 Å². The predicted octanol–water partition coefficient (Wildman–Crippen LogP) is 6.99. The molecule has 0 spiro atoms. The highest BCUT2D eigenvalue weighted by Crippen LogP contribution is 2.35. The highest BCUT2D eigenvalue weighted by Gasteiger charge is 2.23. The van der Waals surface area contributed by atoms with Crippen LogP contribution < -0.4 is 19.3 Å². The number of fused-ring (bicyclic) bond motifs is 2. The van der Waals surface area contributed by atoms with Crippen LogP contribution >= 0.6 is 0 Å². The molecule has 34 heavy (non-hydrogen) atoms. The van der Waals surface area contributed by atoms with Crippen molar-refractivity contribution in [1.29, 1.82) is 0 Å². The topological polar surface area (TPSA) is 24.9 Å². The Bertz CT molecular complexity index is 1090. The van der Waals surface area contributed by atoms with Gasteiger partial charge < -0.3 is 19.3 Å². The van der Waals surface area contributed by atoms with E-state index in [1.807, 2.05) is 0 Å². The Kier molecular flexibility index (Phi) is 5.50. The zero-order valence-corrected chi connectivity index (χ0v) is 21.3. The molecule has 178 valence electrons. The van der Waals surface area contributed by atoms with Crippen molar-refractivity contribution in [2.75, 3.05) is 23.3 Å². The summed E-state index contributed by atoms with van der Waals surface area (Å²) >= 11 is 0. The Morgan fingerprint density at radius 3 is 1.29 bits per heavy atom. The van der Waals surface area contributed by atoms with Gasteiger partial charge in [0.05, 0.1) is 0 Å². The van der Waals surface area contributed by atoms with Gasteiger partial charge in [0.2, 0.25) is 0 Å². The van der Waals surface area contributed by atoms with E-state index < -0.39 is 0 Å². The molecule has 0 atom stereocenters. The second-order valence-electron chi connectivity index (χ2n) is 11.6. The lowest BCUT2D eigenvalue weighted by molar-refractivity contribution is 0.288. The molecule has 0 fully saturated rings. The molecule has 0 radical (unpaired) electrons. The van der Waals surface area contributed by atoms with Gasteiger partial charge in [-0.15, -0.1) is 0 Å². The largest absolute Gasteiger partial charge is 0.473 e. The Hall–Kier alpha value is -3.14. The van der Waals surface area contributed by atoms with Crippen molar-refractivity contribution in [2.24, 2.45) is 0 Å². The number of anilines is 2. The highest BCUT2D eigenvalue weighted by atomic mass is 16.5. The molecular weight excluding hydrogens is 420 g/mol. The van der Waals surface area contributed by atoms with E-state index >= 15 is 0 Å². The number of hydrogen-bond acceptors (Lipinski definition) is 4. The molecule has 3 aromatic carbocycles. The third-order valence-electron chi connectivity index (χ3n) is 6.91. The second kappa shape index (κ2) is 8.26. The van der Waals surface area contributed by atoms with Gasteiger partial charge in [0, 0.05) is 35.6 Å². The zero-order chi connectivity index (χ0) is 24.1. The van der Waals surface area contributed by atoms with Crippen molar-refractivity contribution in [3.8, 4) is 11.5 Å². The van der Waals surface area contributed by atoms with E-state index in [-0.39, 0.29) is 10.8 Å². The molecule has 4 heteroatoms. The first kappa shape index (κ1) is 22.6. The fourth-order valence-electron chi connectivity index (χ4n) is 4.62. The molecule has 4 nitrogen and oxygen atoms in total. The number of benzene rings is 3. The van der Waals surface area contributed by atoms with Gasteiger partial charge in [-0.25, -0.2) is 0 Å². The van der Waals surface area contributed by atoms with Crippen LogP contribution in [-0.4, -0.2) is 13.5 Å². The van der Waals surface area contributed by atoms with Crippen LogP contribution in [0.3, 0.4) is 0 Å². The molecule has 5 rings (SSSR count). The van der Waals surface area contributed by atoms with Gasteiger partial charge in [-0.2, -0.15) is 0 Å². The monoisotopic (exact) mass is 456 g/mol. The van der Waals surface area contributed by atoms with Crippen LogP contribution in [0.2, 0.25) is 0 Å². The van der Waals surface area contributed by atoms with E-state index in [9.17, 15) is 0 Å². The fourth-order valence-corrected chi connectivity index (χ4v) is 4.62. The summed E-state index contributed by atoms with van der Waals surface area (Å²) in [6.07, 6.45) is 0. The minimum Gasteiger partial charge on any atom is -0.473 e. The molecule has 0 aromatic heterocycles. The number of ether oxygens (including phenoxy) is 2. The summed E-state index contributed by atoms with van der Waals surface area (Å²) < 4.78 is 12.2. The first-order valence-corrected chi connectivity index (χ1v) is 12.2. The lowest BCUT2D eigenvalue weighted by Gasteiger charge is -2.34. The standard InChI is InChI=1S/C30H36N2O2/c1-29(2,3)23-7-13-27-21(15-23)17-31(19-33-27)25-9-11-26(12-10-25)32-18-22-16-24(30(4,5)6)8-14-28(22)34-20-32/h7-16H,17-20H2,1-6H3. The summed E-state index contributed by atoms with van der Waals surface area (Å²) in [5.74, 6) is 2.00. The van der Waals surface area contributed by atoms with Crippen molar-refractivity contribution in [3.63, 3.8) is 0 Å². The molecule has 2 heterocycles. The molecule has 0 N–H and O–H groups in total. The highest BCUT2D eigenvalue weighted by molar-refractivity contribution is 5.59. The molecule has 0 amide bonds. The average Bonchev–Trinajstić information content (AvgIpc) is 2.81. The molecule has 0 saturated heterocycles. The molecule has 0 saturated carbocycles. The Morgan fingerprint density at radius 1 is 0.559 bits per heavy atom. The van der Waals surface area contributed by atoms with Crippen LogP contribution in [0.25, 0.3) is 0 Å². The Labute approximate surface area is 204 Å². The predicted molar refractivity (Wildman–Crippen MR) is 140 cm³/mol. The van der Waals surface area contributed by atoms with Gasteiger partial charge in [-0.05, 0) is 70.5 Å². The first-order chi connectivity index (χ1) is 16.1. The van der Waals surface area contributed by atoms with Gasteiger partial charge in [0.25, 0.3) is 0 Å². The molecule has 0 bridgehead atoms. The maximum Gasteiger partial charge on any atom is 0.161 e. The molecule has 0 aliphatic carbocycles. The SMILES string of the molecule is CC(C)(C)c1ccc2c(c1)CN(c1ccc(N3COc4ccc(C(C)(C)C)cc4C3)cc1)CO2. The lowest BCUT2D eigenvalue weighted by atomic mass is 9.86. The quantitative estimate of drug-likeness (QED) is 0.415. The molecule has 3 aromatic rings. The van der Waals surface area contributed by atoms with Crippen LogP contribution in [-0.2, 0) is 23.9 Å². The molecule has 2 aliphatic heterocycles. The number of hydrogen-bond donors (Lipinski definition) is 0. The number of nitrogens with zero attached hydrogens (tertiary/aromatic N) is 2. The fraction of sp³-hybridized carbons (Fsp3) is 0.400. The summed E-state index contributed by atoms with van der Waals surface area (Å²) in [6, 6.07) is 22.0. The molecule has 2 aliphatic rings. The Balaban J connectivity index is 1.31. The van der Waals surface area contributed by atoms with Crippen LogP contribution in [0.1, 0.15) is 63.8 Å². The maximum absolute atomic E-state index is 6.08. The summed E-state index contributed by atoms with van der Waals surface area (Å²) in [7, 11) is 0. The molecular formula is C30H36N2O2. The Morgan fingerprint density at radius 2 is 0.941 bits per heavy atom. The van der Waals surface area contributed by atoms with Gasteiger partial charge in [-0.1, -0.05) is 53.7 Å². The van der Waals surface area contributed by atoms with E-state index in [1.54, 1.807) is 0 Å². The van der Waals surface area contributed by atoms with Crippen LogP contribution in [0, 0.1) is 0 Å². The summed E-state index contributed by atoms with van der Waals surface area (Å²) in [5, 5.41) is 0.